The quantitative estimate of drug-likeness (QED) is 0.433. The summed E-state index contributed by atoms with van der Waals surface area (Å²) in [6.07, 6.45) is 0.947. The van der Waals surface area contributed by atoms with Gasteiger partial charge in [-0.3, -0.25) is 0 Å². The van der Waals surface area contributed by atoms with E-state index < -0.39 is 32.1 Å². The third-order valence-corrected chi connectivity index (χ3v) is 9.40. The molecule has 1 fully saturated rings. The predicted octanol–water partition coefficient (Wildman–Crippen LogP) is 4.82. The van der Waals surface area contributed by atoms with E-state index in [9.17, 15) is 17.6 Å². The molecular weight excluding hydrogens is 532 g/mol. The monoisotopic (exact) mass is 557 g/mol. The summed E-state index contributed by atoms with van der Waals surface area (Å²) in [4.78, 5) is 12.3. The second kappa shape index (κ2) is 7.72. The van der Waals surface area contributed by atoms with E-state index in [1.807, 2.05) is 18.2 Å². The molecule has 4 rings (SSSR count). The van der Waals surface area contributed by atoms with E-state index in [1.54, 1.807) is 20.8 Å². The van der Waals surface area contributed by atoms with Crippen LogP contribution in [0.15, 0.2) is 47.4 Å². The summed E-state index contributed by atoms with van der Waals surface area (Å²) in [6.45, 7) is 5.54. The van der Waals surface area contributed by atoms with E-state index >= 15 is 0 Å². The van der Waals surface area contributed by atoms with E-state index in [2.05, 4.69) is 27.9 Å². The maximum Gasteiger partial charge on any atom is 0.407 e. The molecule has 3 atom stereocenters. The summed E-state index contributed by atoms with van der Waals surface area (Å²) in [5, 5.41) is 2.77. The smallest absolute Gasteiger partial charge is 0.407 e. The summed E-state index contributed by atoms with van der Waals surface area (Å²) in [5.74, 6) is -0.882. The number of amides is 1. The minimum atomic E-state index is -3.82. The Bertz CT molecular complexity index is 1130. The second-order valence-corrected chi connectivity index (χ2v) is 12.6. The maximum absolute atomic E-state index is 13.9. The predicted molar refractivity (Wildman–Crippen MR) is 124 cm³/mol. The largest absolute Gasteiger partial charge is 0.444 e. The zero-order chi connectivity index (χ0) is 22.6. The van der Waals surface area contributed by atoms with Gasteiger partial charge in [-0.25, -0.2) is 17.6 Å². The molecule has 1 amide bonds. The first kappa shape index (κ1) is 22.5. The Balaban J connectivity index is 1.73. The highest BCUT2D eigenvalue weighted by Gasteiger charge is 2.74. The fraction of sp³-hybridized carbons (Fsp3) is 0.435. The first-order valence-electron chi connectivity index (χ1n) is 10.2. The number of fused-ring (bicyclic) bond motifs is 3. The van der Waals surface area contributed by atoms with E-state index in [1.165, 1.54) is 24.3 Å². The van der Waals surface area contributed by atoms with Gasteiger partial charge in [-0.05, 0) is 110 Å². The zero-order valence-electron chi connectivity index (χ0n) is 17.6. The lowest BCUT2D eigenvalue weighted by atomic mass is 9.91. The average Bonchev–Trinajstić information content (AvgIpc) is 3.35. The van der Waals surface area contributed by atoms with Crippen LogP contribution >= 0.6 is 22.6 Å². The Kier molecular flexibility index (Phi) is 5.61. The van der Waals surface area contributed by atoms with Crippen LogP contribution in [-0.2, 0) is 25.7 Å². The summed E-state index contributed by atoms with van der Waals surface area (Å²) in [6, 6.07) is 10.9. The molecule has 0 saturated heterocycles. The number of carbonyl (C=O) groups excluding carboxylic acids is 1. The van der Waals surface area contributed by atoms with Crippen molar-refractivity contribution in [2.75, 3.05) is 6.54 Å². The van der Waals surface area contributed by atoms with Gasteiger partial charge in [-0.2, -0.15) is 0 Å². The molecule has 1 saturated carbocycles. The molecule has 0 heterocycles. The Morgan fingerprint density at radius 2 is 1.90 bits per heavy atom. The fourth-order valence-electron chi connectivity index (χ4n) is 4.94. The SMILES string of the molecule is CC(C)(C)OC(=O)NCC1C2CCc3cc(I)ccc3C21S(=O)(=O)c1ccc(F)cc1. The van der Waals surface area contributed by atoms with Gasteiger partial charge in [0.1, 0.15) is 16.2 Å². The van der Waals surface area contributed by atoms with Crippen LogP contribution in [0.3, 0.4) is 0 Å². The number of aryl methyl sites for hydroxylation is 1. The minimum absolute atomic E-state index is 0.102. The van der Waals surface area contributed by atoms with Crippen LogP contribution in [0.5, 0.6) is 0 Å². The fourth-order valence-corrected chi connectivity index (χ4v) is 8.13. The van der Waals surface area contributed by atoms with Gasteiger partial charge in [0.15, 0.2) is 9.84 Å². The normalized spacial score (nSPS) is 24.7. The highest BCUT2D eigenvalue weighted by atomic mass is 127. The minimum Gasteiger partial charge on any atom is -0.444 e. The van der Waals surface area contributed by atoms with Crippen molar-refractivity contribution in [3.8, 4) is 0 Å². The number of ether oxygens (including phenoxy) is 1. The Morgan fingerprint density at radius 1 is 1.23 bits per heavy atom. The maximum atomic E-state index is 13.9. The van der Waals surface area contributed by atoms with Gasteiger partial charge in [0, 0.05) is 16.0 Å². The van der Waals surface area contributed by atoms with Crippen LogP contribution in [0.1, 0.15) is 38.3 Å². The van der Waals surface area contributed by atoms with Crippen molar-refractivity contribution in [2.24, 2.45) is 11.8 Å². The average molecular weight is 557 g/mol. The summed E-state index contributed by atoms with van der Waals surface area (Å²) in [5.41, 5.74) is 1.18. The zero-order valence-corrected chi connectivity index (χ0v) is 20.6. The van der Waals surface area contributed by atoms with Crippen molar-refractivity contribution in [1.29, 1.82) is 0 Å². The van der Waals surface area contributed by atoms with Gasteiger partial charge in [0.05, 0.1) is 4.90 Å². The van der Waals surface area contributed by atoms with E-state index in [-0.39, 0.29) is 23.3 Å². The van der Waals surface area contributed by atoms with Gasteiger partial charge in [-0.15, -0.1) is 0 Å². The molecule has 2 aliphatic rings. The van der Waals surface area contributed by atoms with Crippen molar-refractivity contribution < 1.29 is 22.3 Å². The topological polar surface area (TPSA) is 72.5 Å². The number of carbonyl (C=O) groups is 1. The Hall–Kier alpha value is -1.68. The molecule has 0 radical (unpaired) electrons. The lowest BCUT2D eigenvalue weighted by molar-refractivity contribution is 0.0524. The van der Waals surface area contributed by atoms with Crippen LogP contribution < -0.4 is 5.32 Å². The van der Waals surface area contributed by atoms with E-state index in [4.69, 9.17) is 4.74 Å². The lowest BCUT2D eigenvalue weighted by Crippen LogP contribution is -2.35. The molecule has 0 aliphatic heterocycles. The molecule has 8 heteroatoms. The van der Waals surface area contributed by atoms with Crippen LogP contribution in [0.4, 0.5) is 9.18 Å². The number of hydrogen-bond acceptors (Lipinski definition) is 4. The van der Waals surface area contributed by atoms with Gasteiger partial charge >= 0.3 is 6.09 Å². The molecule has 2 aromatic carbocycles. The molecule has 0 aromatic heterocycles. The van der Waals surface area contributed by atoms with Crippen LogP contribution in [0.2, 0.25) is 0 Å². The Labute approximate surface area is 195 Å². The number of benzene rings is 2. The molecule has 0 bridgehead atoms. The van der Waals surface area contributed by atoms with Gasteiger partial charge in [0.25, 0.3) is 0 Å². The molecule has 31 heavy (non-hydrogen) atoms. The number of rotatable bonds is 4. The van der Waals surface area contributed by atoms with Gasteiger partial charge in [-0.1, -0.05) is 6.07 Å². The third kappa shape index (κ3) is 3.86. The Morgan fingerprint density at radius 3 is 2.55 bits per heavy atom. The molecule has 3 unspecified atom stereocenters. The highest BCUT2D eigenvalue weighted by Crippen LogP contribution is 2.69. The van der Waals surface area contributed by atoms with Crippen molar-refractivity contribution in [1.82, 2.24) is 5.32 Å². The molecular formula is C23H25FINO4S. The third-order valence-electron chi connectivity index (χ3n) is 6.13. The summed E-state index contributed by atoms with van der Waals surface area (Å²) < 4.78 is 46.6. The van der Waals surface area contributed by atoms with Crippen molar-refractivity contribution in [3.63, 3.8) is 0 Å². The van der Waals surface area contributed by atoms with Crippen LogP contribution in [0.25, 0.3) is 0 Å². The summed E-state index contributed by atoms with van der Waals surface area (Å²) >= 11 is 2.23. The van der Waals surface area contributed by atoms with Crippen LogP contribution in [0, 0.1) is 21.2 Å². The van der Waals surface area contributed by atoms with Gasteiger partial charge < -0.3 is 10.1 Å². The molecule has 2 aliphatic carbocycles. The van der Waals surface area contributed by atoms with Crippen molar-refractivity contribution in [3.05, 3.63) is 63.0 Å². The molecule has 1 N–H and O–H groups in total. The summed E-state index contributed by atoms with van der Waals surface area (Å²) in [7, 11) is -3.82. The van der Waals surface area contributed by atoms with E-state index in [0.29, 0.717) is 6.42 Å². The lowest BCUT2D eigenvalue weighted by Gasteiger charge is -2.27. The van der Waals surface area contributed by atoms with Crippen molar-refractivity contribution in [2.45, 2.75) is 48.9 Å². The van der Waals surface area contributed by atoms with Crippen molar-refractivity contribution >= 4 is 38.5 Å². The molecule has 2 aromatic rings. The number of sulfone groups is 1. The first-order valence-corrected chi connectivity index (χ1v) is 12.8. The molecule has 5 nitrogen and oxygen atoms in total. The van der Waals surface area contributed by atoms with E-state index in [0.717, 1.165) is 21.1 Å². The number of alkyl carbamates (subject to hydrolysis) is 1. The number of hydrogen-bond donors (Lipinski definition) is 1. The second-order valence-electron chi connectivity index (χ2n) is 9.19. The van der Waals surface area contributed by atoms with Gasteiger partial charge in [0.2, 0.25) is 0 Å². The van der Waals surface area contributed by atoms with Crippen LogP contribution in [-0.4, -0.2) is 26.7 Å². The standard InChI is InChI=1S/C23H25FINO4S/c1-22(2,3)30-21(27)26-13-20-19-10-4-14-12-16(25)7-11-18(14)23(19,20)31(28,29)17-8-5-15(24)6-9-17/h5-9,11-12,19-20H,4,10,13H2,1-3H3,(H,26,27). The first-order chi connectivity index (χ1) is 14.5. The highest BCUT2D eigenvalue weighted by molar-refractivity contribution is 14.1. The molecule has 0 spiro atoms. The molecule has 166 valence electrons. The number of nitrogens with one attached hydrogen (secondary N) is 1. The number of halogens is 2.